The van der Waals surface area contributed by atoms with Crippen molar-refractivity contribution in [2.45, 2.75) is 19.4 Å². The molecule has 1 aliphatic rings. The van der Waals surface area contributed by atoms with Gasteiger partial charge in [-0.3, -0.25) is 4.79 Å². The second-order valence-corrected chi connectivity index (χ2v) is 7.81. The van der Waals surface area contributed by atoms with Crippen molar-refractivity contribution in [3.05, 3.63) is 63.3 Å². The summed E-state index contributed by atoms with van der Waals surface area (Å²) in [6, 6.07) is 9.57. The van der Waals surface area contributed by atoms with Crippen LogP contribution in [0, 0.1) is 0 Å². The molecule has 3 aromatic rings. The maximum atomic E-state index is 12.3. The van der Waals surface area contributed by atoms with Crippen LogP contribution in [0.5, 0.6) is 5.75 Å². The fourth-order valence-electron chi connectivity index (χ4n) is 3.59. The van der Waals surface area contributed by atoms with E-state index in [1.54, 1.807) is 18.4 Å². The number of aryl methyl sites for hydroxylation is 2. The van der Waals surface area contributed by atoms with E-state index < -0.39 is 11.4 Å². The number of carboxylic acids is 1. The van der Waals surface area contributed by atoms with E-state index in [0.29, 0.717) is 19.8 Å². The summed E-state index contributed by atoms with van der Waals surface area (Å²) in [5.74, 6) is -0.379. The Bertz CT molecular complexity index is 1100. The van der Waals surface area contributed by atoms with Gasteiger partial charge in [0.2, 0.25) is 0 Å². The number of aromatic nitrogens is 1. The predicted octanol–water partition coefficient (Wildman–Crippen LogP) is 3.91. The lowest BCUT2D eigenvalue weighted by Gasteiger charge is -2.24. The van der Waals surface area contributed by atoms with Crippen molar-refractivity contribution in [1.29, 1.82) is 0 Å². The molecule has 2 aromatic heterocycles. The number of nitrogens with zero attached hydrogens (tertiary/aromatic N) is 1. The molecule has 1 aromatic carbocycles. The molecule has 0 aliphatic carbocycles. The molecule has 0 amide bonds. The third-order valence-corrected chi connectivity index (χ3v) is 5.90. The summed E-state index contributed by atoms with van der Waals surface area (Å²) >= 11 is 1.62. The minimum absolute atomic E-state index is 0.200. The van der Waals surface area contributed by atoms with Crippen LogP contribution in [0.2, 0.25) is 0 Å². The molecule has 0 saturated carbocycles. The lowest BCUT2D eigenvalue weighted by molar-refractivity contribution is 0.0694. The number of hydrogen-bond donors (Lipinski definition) is 1. The van der Waals surface area contributed by atoms with Crippen LogP contribution in [0.1, 0.15) is 22.3 Å². The topological polar surface area (TPSA) is 77.8 Å². The summed E-state index contributed by atoms with van der Waals surface area (Å²) in [6.07, 6.45) is 2.99. The number of benzene rings is 1. The van der Waals surface area contributed by atoms with Gasteiger partial charge in [0.25, 0.3) is 0 Å². The normalized spacial score (nSPS) is 12.3. The molecule has 4 rings (SSSR count). The van der Waals surface area contributed by atoms with Crippen molar-refractivity contribution in [3.8, 4) is 27.4 Å². The first kappa shape index (κ1) is 19.4. The van der Waals surface area contributed by atoms with Crippen LogP contribution in [-0.4, -0.2) is 36.0 Å². The Kier molecular flexibility index (Phi) is 5.51. The number of carboxylic acid groups (broad SMARTS) is 1. The van der Waals surface area contributed by atoms with E-state index in [1.807, 2.05) is 22.1 Å². The monoisotopic (exact) mass is 411 g/mol. The quantitative estimate of drug-likeness (QED) is 0.597. The number of aromatic carboxylic acids is 1. The molecule has 3 heterocycles. The van der Waals surface area contributed by atoms with Crippen molar-refractivity contribution >= 4 is 17.3 Å². The van der Waals surface area contributed by atoms with Gasteiger partial charge in [0.1, 0.15) is 11.3 Å². The van der Waals surface area contributed by atoms with Crippen LogP contribution < -0.4 is 10.2 Å². The molecule has 0 fully saturated rings. The lowest BCUT2D eigenvalue weighted by atomic mass is 9.93. The third-order valence-electron chi connectivity index (χ3n) is 5.00. The highest BCUT2D eigenvalue weighted by atomic mass is 32.1. The number of fused-ring (bicyclic) bond motifs is 3. The largest absolute Gasteiger partial charge is 0.493 e. The molecule has 1 N–H and O–H groups in total. The van der Waals surface area contributed by atoms with Gasteiger partial charge in [-0.05, 0) is 35.6 Å². The zero-order valence-corrected chi connectivity index (χ0v) is 16.8. The molecule has 150 valence electrons. The fraction of sp³-hybridized carbons (Fsp3) is 0.273. The predicted molar refractivity (Wildman–Crippen MR) is 112 cm³/mol. The van der Waals surface area contributed by atoms with Crippen LogP contribution in [0.15, 0.2) is 46.7 Å². The van der Waals surface area contributed by atoms with Crippen LogP contribution in [0.4, 0.5) is 0 Å². The third kappa shape index (κ3) is 3.83. The average Bonchev–Trinajstić information content (AvgIpc) is 3.24. The molecule has 0 atom stereocenters. The van der Waals surface area contributed by atoms with E-state index in [1.165, 1.54) is 12.3 Å². The van der Waals surface area contributed by atoms with Gasteiger partial charge in [0.15, 0.2) is 5.43 Å². The minimum atomic E-state index is -1.20. The highest BCUT2D eigenvalue weighted by Crippen LogP contribution is 2.40. The lowest BCUT2D eigenvalue weighted by Crippen LogP contribution is -2.22. The Hall–Kier alpha value is -2.90. The van der Waals surface area contributed by atoms with Gasteiger partial charge in [0, 0.05) is 54.9 Å². The molecule has 0 unspecified atom stereocenters. The van der Waals surface area contributed by atoms with Gasteiger partial charge in [-0.2, -0.15) is 0 Å². The zero-order chi connectivity index (χ0) is 20.4. The van der Waals surface area contributed by atoms with Gasteiger partial charge < -0.3 is 19.1 Å². The molecule has 7 heteroatoms. The van der Waals surface area contributed by atoms with E-state index >= 15 is 0 Å². The molecule has 0 spiro atoms. The number of rotatable bonds is 7. The maximum absolute atomic E-state index is 12.3. The average molecular weight is 411 g/mol. The Morgan fingerprint density at radius 3 is 2.83 bits per heavy atom. The van der Waals surface area contributed by atoms with E-state index in [4.69, 9.17) is 9.47 Å². The van der Waals surface area contributed by atoms with Crippen molar-refractivity contribution in [1.82, 2.24) is 4.57 Å². The standard InChI is InChI=1S/C22H21NO5S/c1-27-7-3-8-28-20-10-14-5-6-23-13-17(22(25)26)19(24)12-18(23)15(14)11-16(20)21-4-2-9-29-21/h2,4,9-13H,3,5-8H2,1H3,(H,25,26). The SMILES string of the molecule is COCCCOc1cc2c(cc1-c1cccs1)-c1cc(=O)c(C(=O)O)cn1CC2. The molecule has 0 bridgehead atoms. The van der Waals surface area contributed by atoms with Crippen molar-refractivity contribution in [2.75, 3.05) is 20.3 Å². The highest BCUT2D eigenvalue weighted by Gasteiger charge is 2.22. The summed E-state index contributed by atoms with van der Waals surface area (Å²) in [5.41, 5.74) is 3.07. The number of ether oxygens (including phenoxy) is 2. The number of methoxy groups -OCH3 is 1. The number of pyridine rings is 1. The summed E-state index contributed by atoms with van der Waals surface area (Å²) in [5, 5.41) is 11.3. The van der Waals surface area contributed by atoms with Crippen molar-refractivity contribution in [3.63, 3.8) is 0 Å². The first-order chi connectivity index (χ1) is 14.1. The number of carbonyl (C=O) groups is 1. The van der Waals surface area contributed by atoms with Crippen molar-refractivity contribution < 1.29 is 19.4 Å². The summed E-state index contributed by atoms with van der Waals surface area (Å²) in [7, 11) is 1.67. The van der Waals surface area contributed by atoms with Gasteiger partial charge in [-0.1, -0.05) is 6.07 Å². The van der Waals surface area contributed by atoms with E-state index in [-0.39, 0.29) is 5.56 Å². The minimum Gasteiger partial charge on any atom is -0.493 e. The molecule has 0 saturated heterocycles. The molecular formula is C22H21NO5S. The van der Waals surface area contributed by atoms with Gasteiger partial charge >= 0.3 is 5.97 Å². The molecule has 1 aliphatic heterocycles. The smallest absolute Gasteiger partial charge is 0.341 e. The number of hydrogen-bond acceptors (Lipinski definition) is 5. The Morgan fingerprint density at radius 2 is 2.10 bits per heavy atom. The first-order valence-corrected chi connectivity index (χ1v) is 10.3. The second-order valence-electron chi connectivity index (χ2n) is 6.86. The van der Waals surface area contributed by atoms with E-state index in [9.17, 15) is 14.7 Å². The van der Waals surface area contributed by atoms with Gasteiger partial charge in [-0.15, -0.1) is 11.3 Å². The fourth-order valence-corrected chi connectivity index (χ4v) is 4.34. The van der Waals surface area contributed by atoms with E-state index in [0.717, 1.165) is 45.9 Å². The van der Waals surface area contributed by atoms with Crippen LogP contribution in [0.25, 0.3) is 21.7 Å². The summed E-state index contributed by atoms with van der Waals surface area (Å²) in [6.45, 7) is 1.81. The molecule has 0 radical (unpaired) electrons. The van der Waals surface area contributed by atoms with Crippen LogP contribution >= 0.6 is 11.3 Å². The van der Waals surface area contributed by atoms with Gasteiger partial charge in [0.05, 0.1) is 12.3 Å². The van der Waals surface area contributed by atoms with Crippen LogP contribution in [-0.2, 0) is 17.7 Å². The number of thiophene rings is 1. The first-order valence-electron chi connectivity index (χ1n) is 9.39. The molecule has 6 nitrogen and oxygen atoms in total. The summed E-state index contributed by atoms with van der Waals surface area (Å²) in [4.78, 5) is 24.7. The van der Waals surface area contributed by atoms with E-state index in [2.05, 4.69) is 12.1 Å². The summed E-state index contributed by atoms with van der Waals surface area (Å²) < 4.78 is 13.0. The Morgan fingerprint density at radius 1 is 1.24 bits per heavy atom. The van der Waals surface area contributed by atoms with Crippen molar-refractivity contribution in [2.24, 2.45) is 0 Å². The Balaban J connectivity index is 1.80. The molecular weight excluding hydrogens is 390 g/mol. The zero-order valence-electron chi connectivity index (χ0n) is 16.0. The van der Waals surface area contributed by atoms with Crippen LogP contribution in [0.3, 0.4) is 0 Å². The Labute approximate surface area is 172 Å². The molecule has 29 heavy (non-hydrogen) atoms. The maximum Gasteiger partial charge on any atom is 0.341 e. The second kappa shape index (κ2) is 8.23. The highest BCUT2D eigenvalue weighted by molar-refractivity contribution is 7.13. The van der Waals surface area contributed by atoms with Gasteiger partial charge in [-0.25, -0.2) is 4.79 Å².